The second-order valence-electron chi connectivity index (χ2n) is 5.32. The van der Waals surface area contributed by atoms with Gasteiger partial charge in [0.15, 0.2) is 14.6 Å². The first-order chi connectivity index (χ1) is 11.9. The number of halogens is 1. The molecule has 8 heteroatoms. The average Bonchev–Trinajstić information content (AvgIpc) is 2.90. The Kier molecular flexibility index (Phi) is 5.08. The minimum absolute atomic E-state index is 0.116. The maximum absolute atomic E-state index is 12.3. The number of carbonyl (C=O) groups excluding carboxylic acids is 1. The molecule has 1 aromatic heterocycles. The lowest BCUT2D eigenvalue weighted by atomic mass is 10.3. The third kappa shape index (κ3) is 3.84. The third-order valence-electron chi connectivity index (χ3n) is 3.60. The molecule has 3 aromatic rings. The van der Waals surface area contributed by atoms with Gasteiger partial charge in [-0.05, 0) is 37.3 Å². The molecule has 0 aliphatic carbocycles. The molecular weight excluding hydrogens is 380 g/mol. The van der Waals surface area contributed by atoms with E-state index in [-0.39, 0.29) is 4.90 Å². The Morgan fingerprint density at radius 3 is 2.60 bits per heavy atom. The number of hydrogen-bond donors (Lipinski definition) is 0. The van der Waals surface area contributed by atoms with E-state index < -0.39 is 21.5 Å². The van der Waals surface area contributed by atoms with Gasteiger partial charge in [0.2, 0.25) is 0 Å². The number of thiazole rings is 1. The number of nitrogens with zero attached hydrogens (tertiary/aromatic N) is 2. The van der Waals surface area contributed by atoms with Crippen LogP contribution in [0.15, 0.2) is 58.4 Å². The van der Waals surface area contributed by atoms with Crippen molar-refractivity contribution in [2.45, 2.75) is 18.4 Å². The summed E-state index contributed by atoms with van der Waals surface area (Å²) in [6.07, 6.45) is 0. The normalized spacial score (nSPS) is 12.6. The molecule has 130 valence electrons. The summed E-state index contributed by atoms with van der Waals surface area (Å²) >= 11 is 7.31. The zero-order chi connectivity index (χ0) is 18.0. The Morgan fingerprint density at radius 2 is 1.92 bits per heavy atom. The fraction of sp³-hybridized carbons (Fsp3) is 0.176. The second-order valence-corrected chi connectivity index (χ2v) is 8.75. The van der Waals surface area contributed by atoms with Crippen molar-refractivity contribution in [2.24, 2.45) is 4.99 Å². The Hall–Kier alpha value is -1.96. The van der Waals surface area contributed by atoms with Gasteiger partial charge in [0.05, 0.1) is 15.1 Å². The summed E-state index contributed by atoms with van der Waals surface area (Å²) in [7, 11) is -3.71. The molecule has 1 amide bonds. The van der Waals surface area contributed by atoms with Gasteiger partial charge in [0.25, 0.3) is 5.91 Å². The number of sulfone groups is 1. The summed E-state index contributed by atoms with van der Waals surface area (Å²) in [5.74, 6) is -1.35. The minimum atomic E-state index is -3.71. The molecule has 0 atom stereocenters. The number of carbonyl (C=O) groups is 1. The van der Waals surface area contributed by atoms with E-state index in [0.29, 0.717) is 16.4 Å². The zero-order valence-electron chi connectivity index (χ0n) is 13.3. The number of aromatic nitrogens is 1. The Bertz CT molecular complexity index is 1100. The van der Waals surface area contributed by atoms with Crippen molar-refractivity contribution in [2.75, 3.05) is 5.75 Å². The molecule has 0 fully saturated rings. The monoisotopic (exact) mass is 394 g/mol. The van der Waals surface area contributed by atoms with Crippen molar-refractivity contribution in [3.05, 3.63) is 58.4 Å². The van der Waals surface area contributed by atoms with Crippen molar-refractivity contribution < 1.29 is 13.2 Å². The van der Waals surface area contributed by atoms with Crippen LogP contribution in [0.2, 0.25) is 5.02 Å². The summed E-state index contributed by atoms with van der Waals surface area (Å²) in [6.45, 7) is 2.55. The molecular formula is C17H15ClN2O3S2. The van der Waals surface area contributed by atoms with Crippen LogP contribution in [0.25, 0.3) is 10.2 Å². The minimum Gasteiger partial charge on any atom is -0.317 e. The highest BCUT2D eigenvalue weighted by molar-refractivity contribution is 7.92. The molecule has 0 saturated carbocycles. The predicted molar refractivity (Wildman–Crippen MR) is 99.6 cm³/mol. The fourth-order valence-electron chi connectivity index (χ4n) is 2.45. The van der Waals surface area contributed by atoms with E-state index in [0.717, 1.165) is 10.2 Å². The lowest BCUT2D eigenvalue weighted by Crippen LogP contribution is -2.20. The number of amides is 1. The summed E-state index contributed by atoms with van der Waals surface area (Å²) in [5, 5.41) is 0.599. The number of benzene rings is 2. The van der Waals surface area contributed by atoms with Gasteiger partial charge in [-0.1, -0.05) is 41.1 Å². The van der Waals surface area contributed by atoms with E-state index in [9.17, 15) is 13.2 Å². The average molecular weight is 395 g/mol. The lowest BCUT2D eigenvalue weighted by molar-refractivity contribution is -0.115. The van der Waals surface area contributed by atoms with Crippen LogP contribution < -0.4 is 4.80 Å². The molecule has 0 aliphatic heterocycles. The maximum atomic E-state index is 12.3. The van der Waals surface area contributed by atoms with E-state index in [4.69, 9.17) is 11.6 Å². The van der Waals surface area contributed by atoms with E-state index in [2.05, 4.69) is 4.99 Å². The molecule has 0 spiro atoms. The van der Waals surface area contributed by atoms with Gasteiger partial charge in [-0.15, -0.1) is 0 Å². The molecule has 5 nitrogen and oxygen atoms in total. The molecule has 25 heavy (non-hydrogen) atoms. The SMILES string of the molecule is CCn1c(=NC(=O)CS(=O)(=O)c2ccccc2)sc2cc(Cl)ccc21. The smallest absolute Gasteiger partial charge is 0.263 e. The molecule has 1 heterocycles. The van der Waals surface area contributed by atoms with Crippen molar-refractivity contribution in [3.8, 4) is 0 Å². The van der Waals surface area contributed by atoms with Crippen LogP contribution in [0.3, 0.4) is 0 Å². The lowest BCUT2D eigenvalue weighted by Gasteiger charge is -2.02. The highest BCUT2D eigenvalue weighted by Crippen LogP contribution is 2.21. The van der Waals surface area contributed by atoms with Crippen molar-refractivity contribution in [1.29, 1.82) is 0 Å². The van der Waals surface area contributed by atoms with Crippen LogP contribution >= 0.6 is 22.9 Å². The van der Waals surface area contributed by atoms with E-state index in [1.807, 2.05) is 17.6 Å². The van der Waals surface area contributed by atoms with Crippen molar-refractivity contribution >= 4 is 48.9 Å². The molecule has 0 saturated heterocycles. The fourth-order valence-corrected chi connectivity index (χ4v) is 4.97. The van der Waals surface area contributed by atoms with Gasteiger partial charge in [-0.25, -0.2) is 8.42 Å². The largest absolute Gasteiger partial charge is 0.317 e. The summed E-state index contributed by atoms with van der Waals surface area (Å²) in [5.41, 5.74) is 0.911. The van der Waals surface area contributed by atoms with Crippen LogP contribution in [0.4, 0.5) is 0 Å². The predicted octanol–water partition coefficient (Wildman–Crippen LogP) is 3.28. The molecule has 3 rings (SSSR count). The van der Waals surface area contributed by atoms with E-state index in [1.54, 1.807) is 30.3 Å². The van der Waals surface area contributed by atoms with Gasteiger partial charge in [0.1, 0.15) is 5.75 Å². The van der Waals surface area contributed by atoms with Crippen LogP contribution in [-0.2, 0) is 21.2 Å². The van der Waals surface area contributed by atoms with Crippen LogP contribution in [0.1, 0.15) is 6.92 Å². The second kappa shape index (κ2) is 7.11. The van der Waals surface area contributed by atoms with E-state index in [1.165, 1.54) is 23.5 Å². The van der Waals surface area contributed by atoms with Crippen LogP contribution in [0.5, 0.6) is 0 Å². The summed E-state index contributed by atoms with van der Waals surface area (Å²) < 4.78 is 27.4. The molecule has 0 radical (unpaired) electrons. The first kappa shape index (κ1) is 17.8. The number of rotatable bonds is 4. The van der Waals surface area contributed by atoms with Gasteiger partial charge >= 0.3 is 0 Å². The first-order valence-corrected chi connectivity index (χ1v) is 10.4. The molecule has 0 unspecified atom stereocenters. The Labute approximate surface area is 154 Å². The van der Waals surface area contributed by atoms with Crippen LogP contribution in [0, 0.1) is 0 Å². The Morgan fingerprint density at radius 1 is 1.20 bits per heavy atom. The molecule has 0 N–H and O–H groups in total. The van der Waals surface area contributed by atoms with E-state index >= 15 is 0 Å². The van der Waals surface area contributed by atoms with Gasteiger partial charge in [-0.2, -0.15) is 4.99 Å². The van der Waals surface area contributed by atoms with Crippen LogP contribution in [-0.4, -0.2) is 24.6 Å². The quantitative estimate of drug-likeness (QED) is 0.681. The Balaban J connectivity index is 1.98. The summed E-state index contributed by atoms with van der Waals surface area (Å²) in [6, 6.07) is 13.3. The maximum Gasteiger partial charge on any atom is 0.263 e. The summed E-state index contributed by atoms with van der Waals surface area (Å²) in [4.78, 5) is 16.8. The van der Waals surface area contributed by atoms with Gasteiger partial charge < -0.3 is 4.57 Å². The molecule has 2 aromatic carbocycles. The number of fused-ring (bicyclic) bond motifs is 1. The highest BCUT2D eigenvalue weighted by Gasteiger charge is 2.19. The number of hydrogen-bond acceptors (Lipinski definition) is 4. The third-order valence-corrected chi connectivity index (χ3v) is 6.49. The first-order valence-electron chi connectivity index (χ1n) is 7.55. The topological polar surface area (TPSA) is 68.5 Å². The van der Waals surface area contributed by atoms with Gasteiger partial charge in [0, 0.05) is 11.6 Å². The number of aryl methyl sites for hydroxylation is 1. The molecule has 0 aliphatic rings. The van der Waals surface area contributed by atoms with Crippen molar-refractivity contribution in [1.82, 2.24) is 4.57 Å². The molecule has 0 bridgehead atoms. The van der Waals surface area contributed by atoms with Crippen molar-refractivity contribution in [3.63, 3.8) is 0 Å². The highest BCUT2D eigenvalue weighted by atomic mass is 35.5. The standard InChI is InChI=1S/C17H15ClN2O3S2/c1-2-20-14-9-8-12(18)10-15(14)24-17(20)19-16(21)11-25(22,23)13-6-4-3-5-7-13/h3-10H,2,11H2,1H3. The van der Waals surface area contributed by atoms with Gasteiger partial charge in [-0.3, -0.25) is 4.79 Å². The zero-order valence-corrected chi connectivity index (χ0v) is 15.7.